The molecular formula is C15H19N3OS. The highest BCUT2D eigenvalue weighted by Gasteiger charge is 2.18. The molecule has 0 bridgehead atoms. The van der Waals surface area contributed by atoms with Crippen LogP contribution in [0.4, 0.5) is 0 Å². The number of hydrogen-bond acceptors (Lipinski definition) is 4. The lowest BCUT2D eigenvalue weighted by Crippen LogP contribution is -2.22. The van der Waals surface area contributed by atoms with Gasteiger partial charge in [0.15, 0.2) is 0 Å². The van der Waals surface area contributed by atoms with Gasteiger partial charge in [0.1, 0.15) is 0 Å². The summed E-state index contributed by atoms with van der Waals surface area (Å²) in [5, 5.41) is 2.87. The van der Waals surface area contributed by atoms with Crippen molar-refractivity contribution < 1.29 is 4.79 Å². The van der Waals surface area contributed by atoms with Gasteiger partial charge in [0.05, 0.1) is 29.0 Å². The van der Waals surface area contributed by atoms with Gasteiger partial charge in [-0.1, -0.05) is 20.8 Å². The normalized spacial score (nSPS) is 11.4. The summed E-state index contributed by atoms with van der Waals surface area (Å²) >= 11 is 1.54. The van der Waals surface area contributed by atoms with Gasteiger partial charge in [-0.25, -0.2) is 0 Å². The van der Waals surface area contributed by atoms with Gasteiger partial charge in [0.2, 0.25) is 0 Å². The number of thiophene rings is 1. The van der Waals surface area contributed by atoms with Crippen LogP contribution in [-0.4, -0.2) is 15.9 Å². The zero-order chi connectivity index (χ0) is 14.8. The SMILES string of the molecule is Cc1cnc(CNC(=O)c2ccc(C(C)(C)C)s2)cn1. The van der Waals surface area contributed by atoms with Crippen LogP contribution >= 0.6 is 11.3 Å². The fraction of sp³-hybridized carbons (Fsp3) is 0.400. The van der Waals surface area contributed by atoms with Crippen LogP contribution in [0.2, 0.25) is 0 Å². The molecule has 5 heteroatoms. The van der Waals surface area contributed by atoms with E-state index >= 15 is 0 Å². The lowest BCUT2D eigenvalue weighted by molar-refractivity contribution is 0.0954. The van der Waals surface area contributed by atoms with E-state index < -0.39 is 0 Å². The molecule has 1 N–H and O–H groups in total. The Morgan fingerprint density at radius 2 is 2.00 bits per heavy atom. The van der Waals surface area contributed by atoms with Gasteiger partial charge in [-0.2, -0.15) is 0 Å². The van der Waals surface area contributed by atoms with Gasteiger partial charge in [-0.05, 0) is 24.5 Å². The number of aromatic nitrogens is 2. The van der Waals surface area contributed by atoms with Crippen molar-refractivity contribution in [3.63, 3.8) is 0 Å². The minimum absolute atomic E-state index is 0.0622. The molecule has 0 aliphatic rings. The summed E-state index contributed by atoms with van der Waals surface area (Å²) in [6.07, 6.45) is 3.38. The Labute approximate surface area is 123 Å². The lowest BCUT2D eigenvalue weighted by Gasteiger charge is -2.15. The highest BCUT2D eigenvalue weighted by Crippen LogP contribution is 2.29. The molecule has 0 spiro atoms. The number of rotatable bonds is 3. The van der Waals surface area contributed by atoms with Crippen molar-refractivity contribution in [1.82, 2.24) is 15.3 Å². The van der Waals surface area contributed by atoms with Crippen LogP contribution in [0.5, 0.6) is 0 Å². The highest BCUT2D eigenvalue weighted by molar-refractivity contribution is 7.14. The average Bonchev–Trinajstić information content (AvgIpc) is 2.87. The maximum absolute atomic E-state index is 12.1. The van der Waals surface area contributed by atoms with Crippen LogP contribution in [0.1, 0.15) is 46.7 Å². The molecule has 0 saturated heterocycles. The Morgan fingerprint density at radius 1 is 1.25 bits per heavy atom. The second-order valence-corrected chi connectivity index (χ2v) is 6.83. The van der Waals surface area contributed by atoms with Crippen LogP contribution < -0.4 is 5.32 Å². The molecule has 1 amide bonds. The van der Waals surface area contributed by atoms with Crippen molar-refractivity contribution in [2.75, 3.05) is 0 Å². The molecule has 0 unspecified atom stereocenters. The zero-order valence-electron chi connectivity index (χ0n) is 12.2. The van der Waals surface area contributed by atoms with Crippen LogP contribution in [0.25, 0.3) is 0 Å². The third-order valence-electron chi connectivity index (χ3n) is 2.83. The summed E-state index contributed by atoms with van der Waals surface area (Å²) in [6, 6.07) is 3.90. The first-order valence-electron chi connectivity index (χ1n) is 6.52. The van der Waals surface area contributed by atoms with Crippen LogP contribution in [0.3, 0.4) is 0 Å². The van der Waals surface area contributed by atoms with E-state index in [9.17, 15) is 4.79 Å². The fourth-order valence-corrected chi connectivity index (χ4v) is 2.61. The van der Waals surface area contributed by atoms with Gasteiger partial charge in [0, 0.05) is 11.1 Å². The number of amides is 1. The molecular weight excluding hydrogens is 270 g/mol. The Balaban J connectivity index is 1.98. The third kappa shape index (κ3) is 3.63. The van der Waals surface area contributed by atoms with Gasteiger partial charge in [0.25, 0.3) is 5.91 Å². The summed E-state index contributed by atoms with van der Waals surface area (Å²) < 4.78 is 0. The molecule has 2 aromatic heterocycles. The van der Waals surface area contributed by atoms with Gasteiger partial charge >= 0.3 is 0 Å². The van der Waals surface area contributed by atoms with E-state index in [4.69, 9.17) is 0 Å². The number of carbonyl (C=O) groups is 1. The summed E-state index contributed by atoms with van der Waals surface area (Å²) in [5.74, 6) is -0.0622. The molecule has 4 nitrogen and oxygen atoms in total. The van der Waals surface area contributed by atoms with Crippen molar-refractivity contribution in [3.05, 3.63) is 45.7 Å². The minimum Gasteiger partial charge on any atom is -0.346 e. The highest BCUT2D eigenvalue weighted by atomic mass is 32.1. The molecule has 0 atom stereocenters. The smallest absolute Gasteiger partial charge is 0.261 e. The maximum Gasteiger partial charge on any atom is 0.261 e. The van der Waals surface area contributed by atoms with Crippen molar-refractivity contribution in [2.45, 2.75) is 39.7 Å². The topological polar surface area (TPSA) is 54.9 Å². The van der Waals surface area contributed by atoms with Crippen LogP contribution in [-0.2, 0) is 12.0 Å². The van der Waals surface area contributed by atoms with Gasteiger partial charge < -0.3 is 5.32 Å². The van der Waals surface area contributed by atoms with Crippen molar-refractivity contribution in [2.24, 2.45) is 0 Å². The molecule has 0 aliphatic carbocycles. The first-order chi connectivity index (χ1) is 9.36. The monoisotopic (exact) mass is 289 g/mol. The lowest BCUT2D eigenvalue weighted by atomic mass is 9.95. The molecule has 0 fully saturated rings. The fourth-order valence-electron chi connectivity index (χ4n) is 1.63. The van der Waals surface area contributed by atoms with Gasteiger partial charge in [-0.15, -0.1) is 11.3 Å². The van der Waals surface area contributed by atoms with Crippen molar-refractivity contribution in [1.29, 1.82) is 0 Å². The van der Waals surface area contributed by atoms with Crippen LogP contribution in [0, 0.1) is 6.92 Å². The summed E-state index contributed by atoms with van der Waals surface area (Å²) in [5.41, 5.74) is 1.70. The maximum atomic E-state index is 12.1. The Morgan fingerprint density at radius 3 is 2.55 bits per heavy atom. The number of nitrogens with zero attached hydrogens (tertiary/aromatic N) is 2. The zero-order valence-corrected chi connectivity index (χ0v) is 13.0. The molecule has 0 radical (unpaired) electrons. The van der Waals surface area contributed by atoms with Gasteiger partial charge in [-0.3, -0.25) is 14.8 Å². The van der Waals surface area contributed by atoms with Crippen molar-refractivity contribution >= 4 is 17.2 Å². The number of hydrogen-bond donors (Lipinski definition) is 1. The number of carbonyl (C=O) groups excluding carboxylic acids is 1. The number of nitrogens with one attached hydrogen (secondary N) is 1. The quantitative estimate of drug-likeness (QED) is 0.944. The minimum atomic E-state index is -0.0622. The number of aryl methyl sites for hydroxylation is 1. The summed E-state index contributed by atoms with van der Waals surface area (Å²) in [6.45, 7) is 8.71. The first-order valence-corrected chi connectivity index (χ1v) is 7.34. The van der Waals surface area contributed by atoms with E-state index in [-0.39, 0.29) is 11.3 Å². The molecule has 106 valence electrons. The predicted molar refractivity (Wildman–Crippen MR) is 81.0 cm³/mol. The van der Waals surface area contributed by atoms with E-state index in [1.807, 2.05) is 19.1 Å². The van der Waals surface area contributed by atoms with E-state index in [0.29, 0.717) is 6.54 Å². The molecule has 0 saturated carbocycles. The van der Waals surface area contributed by atoms with E-state index in [1.54, 1.807) is 12.4 Å². The second-order valence-electron chi connectivity index (χ2n) is 5.75. The predicted octanol–water partition coefficient (Wildman–Crippen LogP) is 3.07. The molecule has 2 aromatic rings. The first kappa shape index (κ1) is 14.7. The Hall–Kier alpha value is -1.75. The van der Waals surface area contributed by atoms with Crippen molar-refractivity contribution in [3.8, 4) is 0 Å². The largest absolute Gasteiger partial charge is 0.346 e. The van der Waals surface area contributed by atoms with E-state index in [0.717, 1.165) is 16.3 Å². The molecule has 0 aliphatic heterocycles. The third-order valence-corrected chi connectivity index (χ3v) is 4.34. The molecule has 2 rings (SSSR count). The molecule has 20 heavy (non-hydrogen) atoms. The summed E-state index contributed by atoms with van der Waals surface area (Å²) in [4.78, 5) is 22.4. The van der Waals surface area contributed by atoms with Crippen LogP contribution in [0.15, 0.2) is 24.5 Å². The standard InChI is InChI=1S/C15H19N3OS/c1-10-7-17-11(8-16-10)9-18-14(19)12-5-6-13(20-12)15(2,3)4/h5-8H,9H2,1-4H3,(H,18,19). The van der Waals surface area contributed by atoms with E-state index in [2.05, 4.69) is 36.1 Å². The molecule has 0 aromatic carbocycles. The Bertz CT molecular complexity index is 596. The second kappa shape index (κ2) is 5.71. The Kier molecular flexibility index (Phi) is 4.18. The average molecular weight is 289 g/mol. The van der Waals surface area contributed by atoms with E-state index in [1.165, 1.54) is 16.2 Å². The molecule has 2 heterocycles. The summed E-state index contributed by atoms with van der Waals surface area (Å²) in [7, 11) is 0.